The van der Waals surface area contributed by atoms with E-state index in [0.29, 0.717) is 0 Å². The molecule has 0 saturated heterocycles. The maximum atomic E-state index is 5.18. The van der Waals surface area contributed by atoms with Crippen molar-refractivity contribution < 1.29 is 0 Å². The second-order valence-electron chi connectivity index (χ2n) is 10.2. The highest BCUT2D eigenvalue weighted by Crippen LogP contribution is 2.43. The monoisotopic (exact) mass is 540 g/mol. The predicted molar refractivity (Wildman–Crippen MR) is 174 cm³/mol. The second kappa shape index (κ2) is 9.81. The Bertz CT molecular complexity index is 2180. The van der Waals surface area contributed by atoms with E-state index in [9.17, 15) is 0 Å². The molecule has 8 rings (SSSR count). The number of hydrogen-bond acceptors (Lipinski definition) is 3. The first kappa shape index (κ1) is 23.7. The molecule has 0 unspecified atom stereocenters. The van der Waals surface area contributed by atoms with Crippen LogP contribution in [0.3, 0.4) is 0 Å². The Morgan fingerprint density at radius 1 is 0.415 bits per heavy atom. The van der Waals surface area contributed by atoms with Gasteiger partial charge in [-0.1, -0.05) is 121 Å². The molecule has 0 atom stereocenters. The molecule has 0 aliphatic heterocycles. The maximum absolute atomic E-state index is 5.18. The van der Waals surface area contributed by atoms with Crippen molar-refractivity contribution in [3.8, 4) is 44.9 Å². The van der Waals surface area contributed by atoms with Crippen LogP contribution in [0.25, 0.3) is 76.0 Å². The summed E-state index contributed by atoms with van der Waals surface area (Å²) in [5, 5.41) is 3.62. The highest BCUT2D eigenvalue weighted by atomic mass is 32.1. The summed E-state index contributed by atoms with van der Waals surface area (Å²) >= 11 is 1.83. The zero-order valence-corrected chi connectivity index (χ0v) is 23.0. The van der Waals surface area contributed by atoms with Gasteiger partial charge in [0.15, 0.2) is 5.82 Å². The van der Waals surface area contributed by atoms with Crippen LogP contribution in [0.5, 0.6) is 0 Å². The molecule has 2 aromatic heterocycles. The van der Waals surface area contributed by atoms with E-state index in [2.05, 4.69) is 133 Å². The van der Waals surface area contributed by atoms with Gasteiger partial charge in [-0.3, -0.25) is 0 Å². The molecule has 2 heterocycles. The number of fused-ring (bicyclic) bond motifs is 4. The van der Waals surface area contributed by atoms with Gasteiger partial charge in [-0.05, 0) is 46.5 Å². The van der Waals surface area contributed by atoms with E-state index < -0.39 is 0 Å². The summed E-state index contributed by atoms with van der Waals surface area (Å²) in [5.74, 6) is 0.740. The zero-order valence-electron chi connectivity index (χ0n) is 22.2. The molecule has 0 amide bonds. The molecule has 192 valence electrons. The summed E-state index contributed by atoms with van der Waals surface area (Å²) in [5.41, 5.74) is 8.83. The smallest absolute Gasteiger partial charge is 0.160 e. The van der Waals surface area contributed by atoms with Gasteiger partial charge in [-0.15, -0.1) is 11.3 Å². The van der Waals surface area contributed by atoms with Crippen molar-refractivity contribution in [2.75, 3.05) is 0 Å². The number of aromatic nitrogens is 2. The van der Waals surface area contributed by atoms with Gasteiger partial charge in [-0.2, -0.15) is 0 Å². The normalized spacial score (nSPS) is 11.4. The standard InChI is InChI=1S/C38H24N2S/c1-3-11-25(12-4-1)26-19-21-27(22-20-26)32-23-29(24-35-36(32)31-16-8-10-18-34(31)41-35)38-39-33-17-9-7-15-30(33)37(40-38)28-13-5-2-6-14-28/h1-24H. The van der Waals surface area contributed by atoms with E-state index in [-0.39, 0.29) is 0 Å². The van der Waals surface area contributed by atoms with Crippen LogP contribution >= 0.6 is 11.3 Å². The maximum Gasteiger partial charge on any atom is 0.160 e. The summed E-state index contributed by atoms with van der Waals surface area (Å²) < 4.78 is 2.52. The fraction of sp³-hybridized carbons (Fsp3) is 0. The van der Waals surface area contributed by atoms with Crippen LogP contribution < -0.4 is 0 Å². The Kier molecular flexibility index (Phi) is 5.68. The van der Waals surface area contributed by atoms with Crippen LogP contribution in [0.4, 0.5) is 0 Å². The van der Waals surface area contributed by atoms with E-state index >= 15 is 0 Å². The molecule has 0 fully saturated rings. The Hall–Kier alpha value is -5.12. The minimum Gasteiger partial charge on any atom is -0.228 e. The Morgan fingerprint density at radius 3 is 1.80 bits per heavy atom. The van der Waals surface area contributed by atoms with Crippen molar-refractivity contribution in [3.05, 3.63) is 146 Å². The van der Waals surface area contributed by atoms with Crippen LogP contribution in [0, 0.1) is 0 Å². The summed E-state index contributed by atoms with van der Waals surface area (Å²) in [7, 11) is 0. The van der Waals surface area contributed by atoms with Gasteiger partial charge in [0.1, 0.15) is 0 Å². The van der Waals surface area contributed by atoms with Gasteiger partial charge in [0.05, 0.1) is 11.2 Å². The van der Waals surface area contributed by atoms with Gasteiger partial charge in [0.25, 0.3) is 0 Å². The molecule has 0 spiro atoms. The average molecular weight is 541 g/mol. The van der Waals surface area contributed by atoms with Crippen molar-refractivity contribution in [2.24, 2.45) is 0 Å². The van der Waals surface area contributed by atoms with Crippen LogP contribution in [0.2, 0.25) is 0 Å². The molecule has 6 aromatic carbocycles. The number of para-hydroxylation sites is 1. The van der Waals surface area contributed by atoms with Crippen LogP contribution in [-0.2, 0) is 0 Å². The quantitative estimate of drug-likeness (QED) is 0.222. The highest BCUT2D eigenvalue weighted by molar-refractivity contribution is 7.26. The third kappa shape index (κ3) is 4.19. The topological polar surface area (TPSA) is 25.8 Å². The fourth-order valence-electron chi connectivity index (χ4n) is 5.71. The van der Waals surface area contributed by atoms with Crippen molar-refractivity contribution in [2.45, 2.75) is 0 Å². The molecule has 0 aliphatic rings. The average Bonchev–Trinajstić information content (AvgIpc) is 3.43. The lowest BCUT2D eigenvalue weighted by atomic mass is 9.95. The van der Waals surface area contributed by atoms with Gasteiger partial charge in [0.2, 0.25) is 0 Å². The summed E-state index contributed by atoms with van der Waals surface area (Å²) in [6, 6.07) is 51.4. The minimum atomic E-state index is 0.740. The van der Waals surface area contributed by atoms with Crippen LogP contribution in [0.15, 0.2) is 146 Å². The molecule has 8 aromatic rings. The zero-order chi connectivity index (χ0) is 27.2. The predicted octanol–water partition coefficient (Wildman–Crippen LogP) is 10.7. The van der Waals surface area contributed by atoms with Crippen molar-refractivity contribution in [1.29, 1.82) is 0 Å². The number of nitrogens with zero attached hydrogens (tertiary/aromatic N) is 2. The first-order valence-electron chi connectivity index (χ1n) is 13.8. The molecule has 41 heavy (non-hydrogen) atoms. The van der Waals surface area contributed by atoms with Crippen molar-refractivity contribution in [1.82, 2.24) is 9.97 Å². The van der Waals surface area contributed by atoms with Gasteiger partial charge in [-0.25, -0.2) is 9.97 Å². The third-order valence-corrected chi connectivity index (χ3v) is 8.81. The summed E-state index contributed by atoms with van der Waals surface area (Å²) in [6.45, 7) is 0. The second-order valence-corrected chi connectivity index (χ2v) is 11.3. The molecular formula is C38H24N2S. The van der Waals surface area contributed by atoms with Crippen LogP contribution in [0.1, 0.15) is 0 Å². The van der Waals surface area contributed by atoms with E-state index in [0.717, 1.165) is 33.5 Å². The lowest BCUT2D eigenvalue weighted by Gasteiger charge is -2.12. The molecule has 0 radical (unpaired) electrons. The van der Waals surface area contributed by atoms with Crippen LogP contribution in [-0.4, -0.2) is 9.97 Å². The summed E-state index contributed by atoms with van der Waals surface area (Å²) in [6.07, 6.45) is 0. The Balaban J connectivity index is 1.37. The van der Waals surface area contributed by atoms with E-state index in [1.54, 1.807) is 0 Å². The molecular weight excluding hydrogens is 516 g/mol. The highest BCUT2D eigenvalue weighted by Gasteiger charge is 2.17. The Morgan fingerprint density at radius 2 is 1.02 bits per heavy atom. The molecule has 0 bridgehead atoms. The molecule has 0 N–H and O–H groups in total. The third-order valence-electron chi connectivity index (χ3n) is 7.69. The number of benzene rings is 6. The van der Waals surface area contributed by atoms with Gasteiger partial charge in [0, 0.05) is 36.7 Å². The lowest BCUT2D eigenvalue weighted by molar-refractivity contribution is 1.23. The van der Waals surface area contributed by atoms with Crippen molar-refractivity contribution >= 4 is 42.4 Å². The van der Waals surface area contributed by atoms with E-state index in [4.69, 9.17) is 9.97 Å². The summed E-state index contributed by atoms with van der Waals surface area (Å²) in [4.78, 5) is 10.3. The molecule has 0 saturated carbocycles. The number of thiophene rings is 1. The number of rotatable bonds is 4. The fourth-order valence-corrected chi connectivity index (χ4v) is 6.88. The SMILES string of the molecule is c1ccc(-c2ccc(-c3cc(-c4nc(-c5ccccc5)c5ccccc5n4)cc4sc5ccccc5c34)cc2)cc1. The lowest BCUT2D eigenvalue weighted by Crippen LogP contribution is -1.95. The van der Waals surface area contributed by atoms with Gasteiger partial charge < -0.3 is 0 Å². The minimum absolute atomic E-state index is 0.740. The molecule has 2 nitrogen and oxygen atoms in total. The number of hydrogen-bond donors (Lipinski definition) is 0. The van der Waals surface area contributed by atoms with E-state index in [1.807, 2.05) is 23.5 Å². The van der Waals surface area contributed by atoms with Gasteiger partial charge >= 0.3 is 0 Å². The largest absolute Gasteiger partial charge is 0.228 e. The van der Waals surface area contributed by atoms with Crippen molar-refractivity contribution in [3.63, 3.8) is 0 Å². The molecule has 3 heteroatoms. The van der Waals surface area contributed by atoms with E-state index in [1.165, 1.54) is 42.4 Å². The first-order valence-corrected chi connectivity index (χ1v) is 14.6. The Labute approximate surface area is 242 Å². The molecule has 0 aliphatic carbocycles. The first-order chi connectivity index (χ1) is 20.3.